The van der Waals surface area contributed by atoms with Crippen molar-refractivity contribution in [3.05, 3.63) is 69.2 Å². The van der Waals surface area contributed by atoms with Crippen molar-refractivity contribution in [2.75, 3.05) is 0 Å². The largest absolute Gasteiger partial charge is 0.392 e. The van der Waals surface area contributed by atoms with E-state index in [1.54, 1.807) is 0 Å². The van der Waals surface area contributed by atoms with Gasteiger partial charge < -0.3 is 5.11 Å². The van der Waals surface area contributed by atoms with Crippen molar-refractivity contribution < 1.29 is 5.11 Å². The van der Waals surface area contributed by atoms with E-state index < -0.39 is 0 Å². The van der Waals surface area contributed by atoms with E-state index in [0.29, 0.717) is 10.0 Å². The summed E-state index contributed by atoms with van der Waals surface area (Å²) in [5, 5.41) is 10.2. The van der Waals surface area contributed by atoms with Gasteiger partial charge in [0.15, 0.2) is 0 Å². The van der Waals surface area contributed by atoms with E-state index >= 15 is 0 Å². The smallest absolute Gasteiger partial charge is 0.0681 e. The van der Waals surface area contributed by atoms with Crippen LogP contribution in [0.2, 0.25) is 10.0 Å². The van der Waals surface area contributed by atoms with Crippen molar-refractivity contribution in [2.45, 2.75) is 6.61 Å². The Bertz CT molecular complexity index is 539. The molecule has 0 bridgehead atoms. The Balaban J connectivity index is 2.24. The third kappa shape index (κ3) is 3.14. The third-order valence-electron chi connectivity index (χ3n) is 2.60. The normalized spacial score (nSPS) is 11.1. The first-order valence-corrected chi connectivity index (χ1v) is 6.28. The summed E-state index contributed by atoms with van der Waals surface area (Å²) in [5.41, 5.74) is 2.73. The molecule has 92 valence electrons. The Morgan fingerprint density at radius 1 is 0.889 bits per heavy atom. The van der Waals surface area contributed by atoms with Crippen LogP contribution in [0.15, 0.2) is 42.5 Å². The molecular weight excluding hydrogens is 267 g/mol. The van der Waals surface area contributed by atoms with Crippen molar-refractivity contribution >= 4 is 35.4 Å². The lowest BCUT2D eigenvalue weighted by atomic mass is 10.1. The van der Waals surface area contributed by atoms with Gasteiger partial charge in [0.2, 0.25) is 0 Å². The molecule has 0 aromatic heterocycles. The summed E-state index contributed by atoms with van der Waals surface area (Å²) in [6, 6.07) is 13.1. The van der Waals surface area contributed by atoms with E-state index in [2.05, 4.69) is 0 Å². The van der Waals surface area contributed by atoms with Gasteiger partial charge >= 0.3 is 0 Å². The molecule has 2 rings (SSSR count). The predicted molar refractivity (Wildman–Crippen MR) is 77.8 cm³/mol. The molecule has 2 aromatic carbocycles. The molecule has 3 heteroatoms. The van der Waals surface area contributed by atoms with E-state index in [0.717, 1.165) is 16.7 Å². The molecule has 18 heavy (non-hydrogen) atoms. The van der Waals surface area contributed by atoms with Gasteiger partial charge in [-0.15, -0.1) is 0 Å². The van der Waals surface area contributed by atoms with Gasteiger partial charge in [0.05, 0.1) is 6.61 Å². The maximum absolute atomic E-state index is 8.96. The monoisotopic (exact) mass is 278 g/mol. The molecule has 0 aliphatic rings. The number of aliphatic hydroxyl groups is 1. The van der Waals surface area contributed by atoms with Gasteiger partial charge in [0.25, 0.3) is 0 Å². The molecule has 0 saturated heterocycles. The molecule has 0 aliphatic heterocycles. The Morgan fingerprint density at radius 3 is 2.06 bits per heavy atom. The van der Waals surface area contributed by atoms with Crippen LogP contribution in [0.3, 0.4) is 0 Å². The standard InChI is InChI=1S/C15H12Cl2O/c16-14-2-1-3-15(17)13(14)9-8-11-4-6-12(10-18)7-5-11/h1-9,18H,10H2. The molecule has 1 nitrogen and oxygen atoms in total. The van der Waals surface area contributed by atoms with Crippen LogP contribution >= 0.6 is 23.2 Å². The van der Waals surface area contributed by atoms with Crippen LogP contribution in [0.4, 0.5) is 0 Å². The van der Waals surface area contributed by atoms with Gasteiger partial charge in [0, 0.05) is 15.6 Å². The first-order chi connectivity index (χ1) is 8.70. The zero-order valence-electron chi connectivity index (χ0n) is 9.61. The van der Waals surface area contributed by atoms with Crippen molar-refractivity contribution in [3.8, 4) is 0 Å². The lowest BCUT2D eigenvalue weighted by Crippen LogP contribution is -1.82. The lowest BCUT2D eigenvalue weighted by Gasteiger charge is -2.01. The summed E-state index contributed by atoms with van der Waals surface area (Å²) in [5.74, 6) is 0. The number of benzene rings is 2. The van der Waals surface area contributed by atoms with E-state index in [4.69, 9.17) is 28.3 Å². The van der Waals surface area contributed by atoms with E-state index in [1.807, 2.05) is 54.6 Å². The second-order valence-electron chi connectivity index (χ2n) is 3.87. The molecule has 0 spiro atoms. The summed E-state index contributed by atoms with van der Waals surface area (Å²) in [6.07, 6.45) is 3.83. The fourth-order valence-electron chi connectivity index (χ4n) is 1.58. The van der Waals surface area contributed by atoms with Crippen molar-refractivity contribution in [1.82, 2.24) is 0 Å². The summed E-state index contributed by atoms with van der Waals surface area (Å²) < 4.78 is 0. The van der Waals surface area contributed by atoms with E-state index in [1.165, 1.54) is 0 Å². The van der Waals surface area contributed by atoms with Crippen LogP contribution < -0.4 is 0 Å². The van der Waals surface area contributed by atoms with Crippen LogP contribution in [0, 0.1) is 0 Å². The zero-order chi connectivity index (χ0) is 13.0. The highest BCUT2D eigenvalue weighted by molar-refractivity contribution is 6.37. The second kappa shape index (κ2) is 6.05. The Kier molecular flexibility index (Phi) is 4.43. The second-order valence-corrected chi connectivity index (χ2v) is 4.68. The van der Waals surface area contributed by atoms with E-state index in [-0.39, 0.29) is 6.61 Å². The van der Waals surface area contributed by atoms with Crippen LogP contribution in [0.5, 0.6) is 0 Å². The molecule has 0 aliphatic carbocycles. The third-order valence-corrected chi connectivity index (χ3v) is 3.26. The average Bonchev–Trinajstić information content (AvgIpc) is 2.39. The predicted octanol–water partition coefficient (Wildman–Crippen LogP) is 4.66. The minimum atomic E-state index is 0.0559. The zero-order valence-corrected chi connectivity index (χ0v) is 11.1. The summed E-state index contributed by atoms with van der Waals surface area (Å²) in [4.78, 5) is 0. The Labute approximate surface area is 116 Å². The number of rotatable bonds is 3. The molecule has 0 heterocycles. The first-order valence-electron chi connectivity index (χ1n) is 5.52. The highest BCUT2D eigenvalue weighted by atomic mass is 35.5. The van der Waals surface area contributed by atoms with Gasteiger partial charge in [0.1, 0.15) is 0 Å². The Morgan fingerprint density at radius 2 is 1.50 bits per heavy atom. The highest BCUT2D eigenvalue weighted by Gasteiger charge is 2.00. The maximum Gasteiger partial charge on any atom is 0.0681 e. The minimum Gasteiger partial charge on any atom is -0.392 e. The molecule has 0 saturated carbocycles. The molecule has 0 radical (unpaired) electrons. The fourth-order valence-corrected chi connectivity index (χ4v) is 2.11. The molecule has 0 unspecified atom stereocenters. The van der Waals surface area contributed by atoms with Crippen LogP contribution in [-0.4, -0.2) is 5.11 Å². The van der Waals surface area contributed by atoms with Crippen molar-refractivity contribution in [2.24, 2.45) is 0 Å². The van der Waals surface area contributed by atoms with Crippen LogP contribution in [0.25, 0.3) is 12.2 Å². The molecule has 0 atom stereocenters. The van der Waals surface area contributed by atoms with Gasteiger partial charge in [-0.2, -0.15) is 0 Å². The SMILES string of the molecule is OCc1ccc(C=Cc2c(Cl)cccc2Cl)cc1. The molecule has 0 fully saturated rings. The number of halogens is 2. The molecule has 1 N–H and O–H groups in total. The van der Waals surface area contributed by atoms with Crippen LogP contribution in [0.1, 0.15) is 16.7 Å². The molecule has 2 aromatic rings. The fraction of sp³-hybridized carbons (Fsp3) is 0.0667. The van der Waals surface area contributed by atoms with Gasteiger partial charge in [-0.05, 0) is 23.3 Å². The summed E-state index contributed by atoms with van der Waals surface area (Å²) in [7, 11) is 0. The number of hydrogen-bond acceptors (Lipinski definition) is 1. The van der Waals surface area contributed by atoms with Crippen LogP contribution in [-0.2, 0) is 6.61 Å². The van der Waals surface area contributed by atoms with Crippen molar-refractivity contribution in [3.63, 3.8) is 0 Å². The number of hydrogen-bond donors (Lipinski definition) is 1. The summed E-state index contributed by atoms with van der Waals surface area (Å²) >= 11 is 12.1. The average molecular weight is 279 g/mol. The van der Waals surface area contributed by atoms with E-state index in [9.17, 15) is 0 Å². The maximum atomic E-state index is 8.96. The topological polar surface area (TPSA) is 20.2 Å². The molecular formula is C15H12Cl2O. The van der Waals surface area contributed by atoms with Gasteiger partial charge in [-0.25, -0.2) is 0 Å². The Hall–Kier alpha value is -1.28. The van der Waals surface area contributed by atoms with Gasteiger partial charge in [-0.3, -0.25) is 0 Å². The first kappa shape index (κ1) is 13.2. The number of aliphatic hydroxyl groups excluding tert-OH is 1. The molecule has 0 amide bonds. The van der Waals surface area contributed by atoms with Gasteiger partial charge in [-0.1, -0.05) is 65.7 Å². The van der Waals surface area contributed by atoms with Crippen molar-refractivity contribution in [1.29, 1.82) is 0 Å². The minimum absolute atomic E-state index is 0.0559. The quantitative estimate of drug-likeness (QED) is 0.810. The lowest BCUT2D eigenvalue weighted by molar-refractivity contribution is 0.282. The highest BCUT2D eigenvalue weighted by Crippen LogP contribution is 2.26. The summed E-state index contributed by atoms with van der Waals surface area (Å²) in [6.45, 7) is 0.0559.